The number of amides is 2. The summed E-state index contributed by atoms with van der Waals surface area (Å²) in [5.74, 6) is 0.0805. The fraction of sp³-hybridized carbons (Fsp3) is 0.160. The van der Waals surface area contributed by atoms with Gasteiger partial charge in [0.1, 0.15) is 18.1 Å². The molecule has 2 aromatic carbocycles. The van der Waals surface area contributed by atoms with Crippen LogP contribution in [0.15, 0.2) is 66.9 Å². The van der Waals surface area contributed by atoms with Gasteiger partial charge in [0.25, 0.3) is 11.8 Å². The van der Waals surface area contributed by atoms with Gasteiger partial charge in [-0.15, -0.1) is 5.10 Å². The third kappa shape index (κ3) is 5.43. The molecule has 0 bridgehead atoms. The normalized spacial score (nSPS) is 11.0. The van der Waals surface area contributed by atoms with Crippen molar-refractivity contribution in [3.8, 4) is 17.6 Å². The van der Waals surface area contributed by atoms with Crippen LogP contribution >= 0.6 is 0 Å². The number of hydrogen-bond donors (Lipinski definition) is 3. The Morgan fingerprint density at radius 1 is 1.09 bits per heavy atom. The van der Waals surface area contributed by atoms with Crippen LogP contribution in [-0.2, 0) is 10.2 Å². The number of carbonyl (C=O) groups excluding carboxylic acids is 2. The molecule has 176 valence electrons. The molecular formula is C25H22N6O4. The zero-order chi connectivity index (χ0) is 25.0. The third-order valence-corrected chi connectivity index (χ3v) is 5.15. The summed E-state index contributed by atoms with van der Waals surface area (Å²) in [4.78, 5) is 28.3. The van der Waals surface area contributed by atoms with Crippen molar-refractivity contribution in [3.63, 3.8) is 0 Å². The minimum atomic E-state index is -0.708. The minimum absolute atomic E-state index is 0.0631. The number of hydrogen-bond acceptors (Lipinski definition) is 7. The van der Waals surface area contributed by atoms with Gasteiger partial charge in [-0.1, -0.05) is 18.2 Å². The van der Waals surface area contributed by atoms with E-state index in [2.05, 4.69) is 26.8 Å². The topological polar surface area (TPSA) is 142 Å². The standard InChI is InChI=1S/C25H22N6O4/c1-25(2,15-26)17-6-3-5-16(11-17)23(34)27-18-7-4-8-19(12-18)35-20-9-10-21-28-24(29-22(33)14-32)30-31(21)13-20/h3-13,32H,14H2,1-2H3,(H,27,34)(H,29,30,33). The number of nitrogens with one attached hydrogen (secondary N) is 2. The molecule has 0 aliphatic rings. The summed E-state index contributed by atoms with van der Waals surface area (Å²) in [6, 6.07) is 19.5. The molecule has 0 aliphatic heterocycles. The highest BCUT2D eigenvalue weighted by atomic mass is 16.5. The highest BCUT2D eigenvalue weighted by Gasteiger charge is 2.21. The summed E-state index contributed by atoms with van der Waals surface area (Å²) >= 11 is 0. The Morgan fingerprint density at radius 2 is 1.89 bits per heavy atom. The van der Waals surface area contributed by atoms with Gasteiger partial charge in [0, 0.05) is 17.3 Å². The highest BCUT2D eigenvalue weighted by Crippen LogP contribution is 2.26. The molecule has 2 heterocycles. The van der Waals surface area contributed by atoms with E-state index < -0.39 is 17.9 Å². The lowest BCUT2D eigenvalue weighted by atomic mass is 9.85. The molecule has 0 saturated carbocycles. The number of aliphatic hydroxyl groups excluding tert-OH is 1. The Morgan fingerprint density at radius 3 is 2.66 bits per heavy atom. The quantitative estimate of drug-likeness (QED) is 0.375. The number of nitriles is 1. The lowest BCUT2D eigenvalue weighted by molar-refractivity contribution is -0.118. The van der Waals surface area contributed by atoms with Crippen molar-refractivity contribution in [2.24, 2.45) is 0 Å². The molecule has 0 atom stereocenters. The zero-order valence-electron chi connectivity index (χ0n) is 19.0. The third-order valence-electron chi connectivity index (χ3n) is 5.15. The lowest BCUT2D eigenvalue weighted by Gasteiger charge is -2.16. The van der Waals surface area contributed by atoms with Crippen molar-refractivity contribution in [1.29, 1.82) is 5.26 Å². The van der Waals surface area contributed by atoms with Crippen LogP contribution < -0.4 is 15.4 Å². The number of pyridine rings is 1. The van der Waals surface area contributed by atoms with Gasteiger partial charge in [-0.25, -0.2) is 4.52 Å². The van der Waals surface area contributed by atoms with E-state index in [-0.39, 0.29) is 11.9 Å². The molecule has 0 fully saturated rings. The molecular weight excluding hydrogens is 448 g/mol. The number of ether oxygens (including phenoxy) is 1. The first kappa shape index (κ1) is 23.4. The van der Waals surface area contributed by atoms with E-state index in [9.17, 15) is 14.9 Å². The van der Waals surface area contributed by atoms with Crippen molar-refractivity contribution in [3.05, 3.63) is 78.0 Å². The van der Waals surface area contributed by atoms with E-state index in [4.69, 9.17) is 9.84 Å². The summed E-state index contributed by atoms with van der Waals surface area (Å²) in [5.41, 5.74) is 1.51. The maximum absolute atomic E-state index is 12.8. The molecule has 0 saturated heterocycles. The fourth-order valence-corrected chi connectivity index (χ4v) is 3.23. The number of aliphatic hydroxyl groups is 1. The van der Waals surface area contributed by atoms with Gasteiger partial charge < -0.3 is 15.2 Å². The molecule has 0 radical (unpaired) electrons. The number of anilines is 2. The molecule has 2 aromatic heterocycles. The number of aromatic nitrogens is 3. The summed E-state index contributed by atoms with van der Waals surface area (Å²) in [5, 5.41) is 27.6. The average molecular weight is 470 g/mol. The van der Waals surface area contributed by atoms with Gasteiger partial charge in [0.15, 0.2) is 5.65 Å². The van der Waals surface area contributed by atoms with Gasteiger partial charge in [-0.05, 0) is 55.8 Å². The number of fused-ring (bicyclic) bond motifs is 1. The molecule has 10 heteroatoms. The minimum Gasteiger partial charge on any atom is -0.456 e. The molecule has 0 spiro atoms. The molecule has 2 amide bonds. The molecule has 0 unspecified atom stereocenters. The summed E-state index contributed by atoms with van der Waals surface area (Å²) < 4.78 is 7.34. The van der Waals surface area contributed by atoms with E-state index in [1.807, 2.05) is 6.07 Å². The van der Waals surface area contributed by atoms with Crippen molar-refractivity contribution >= 4 is 29.1 Å². The average Bonchev–Trinajstić information content (AvgIpc) is 3.25. The Hall–Kier alpha value is -4.75. The Kier molecular flexibility index (Phi) is 6.44. The maximum atomic E-state index is 12.8. The van der Waals surface area contributed by atoms with Crippen molar-refractivity contribution in [2.75, 3.05) is 17.2 Å². The lowest BCUT2D eigenvalue weighted by Crippen LogP contribution is -2.17. The Labute approximate surface area is 200 Å². The fourth-order valence-electron chi connectivity index (χ4n) is 3.23. The van der Waals surface area contributed by atoms with Crippen LogP contribution in [0.2, 0.25) is 0 Å². The second-order valence-corrected chi connectivity index (χ2v) is 8.21. The number of benzene rings is 2. The largest absolute Gasteiger partial charge is 0.456 e. The van der Waals surface area contributed by atoms with Crippen LogP contribution in [0.4, 0.5) is 11.6 Å². The molecule has 4 aromatic rings. The smallest absolute Gasteiger partial charge is 0.255 e. The van der Waals surface area contributed by atoms with E-state index in [0.29, 0.717) is 28.4 Å². The van der Waals surface area contributed by atoms with Crippen molar-refractivity contribution < 1.29 is 19.4 Å². The van der Waals surface area contributed by atoms with Crippen LogP contribution in [0.5, 0.6) is 11.5 Å². The number of rotatable bonds is 7. The molecule has 35 heavy (non-hydrogen) atoms. The first-order valence-corrected chi connectivity index (χ1v) is 10.7. The van der Waals surface area contributed by atoms with Gasteiger partial charge >= 0.3 is 0 Å². The van der Waals surface area contributed by atoms with Gasteiger partial charge in [0.2, 0.25) is 5.95 Å². The van der Waals surface area contributed by atoms with Crippen molar-refractivity contribution in [1.82, 2.24) is 14.6 Å². The second kappa shape index (κ2) is 9.62. The van der Waals surface area contributed by atoms with Gasteiger partial charge in [0.05, 0.1) is 17.7 Å². The molecule has 0 aliphatic carbocycles. The van der Waals surface area contributed by atoms with E-state index in [1.165, 1.54) is 4.52 Å². The first-order chi connectivity index (χ1) is 16.8. The van der Waals surface area contributed by atoms with Crippen molar-refractivity contribution in [2.45, 2.75) is 19.3 Å². The summed E-state index contributed by atoms with van der Waals surface area (Å²) in [7, 11) is 0. The highest BCUT2D eigenvalue weighted by molar-refractivity contribution is 6.04. The van der Waals surface area contributed by atoms with E-state index in [0.717, 1.165) is 5.56 Å². The first-order valence-electron chi connectivity index (χ1n) is 10.7. The Bertz CT molecular complexity index is 1450. The summed E-state index contributed by atoms with van der Waals surface area (Å²) in [6.07, 6.45) is 1.59. The monoisotopic (exact) mass is 470 g/mol. The van der Waals surface area contributed by atoms with Crippen LogP contribution in [0.25, 0.3) is 5.65 Å². The zero-order valence-corrected chi connectivity index (χ0v) is 19.0. The van der Waals surface area contributed by atoms with Crippen LogP contribution in [0, 0.1) is 11.3 Å². The van der Waals surface area contributed by atoms with Crippen LogP contribution in [0.3, 0.4) is 0 Å². The predicted octanol–water partition coefficient (Wildman–Crippen LogP) is 3.51. The van der Waals surface area contributed by atoms with Gasteiger partial charge in [-0.2, -0.15) is 10.2 Å². The molecule has 10 nitrogen and oxygen atoms in total. The molecule has 3 N–H and O–H groups in total. The second-order valence-electron chi connectivity index (χ2n) is 8.21. The van der Waals surface area contributed by atoms with Gasteiger partial charge in [-0.3, -0.25) is 14.9 Å². The van der Waals surface area contributed by atoms with Crippen LogP contribution in [-0.4, -0.2) is 38.1 Å². The van der Waals surface area contributed by atoms with E-state index in [1.54, 1.807) is 74.6 Å². The Balaban J connectivity index is 1.48. The molecule has 4 rings (SSSR count). The number of carbonyl (C=O) groups is 2. The number of nitrogens with zero attached hydrogens (tertiary/aromatic N) is 4. The predicted molar refractivity (Wildman–Crippen MR) is 128 cm³/mol. The summed E-state index contributed by atoms with van der Waals surface area (Å²) in [6.45, 7) is 2.93. The SMILES string of the molecule is CC(C)(C#N)c1cccc(C(=O)Nc2cccc(Oc3ccc4nc(NC(=O)CO)nn4c3)c2)c1. The van der Waals surface area contributed by atoms with Crippen LogP contribution in [0.1, 0.15) is 29.8 Å². The maximum Gasteiger partial charge on any atom is 0.255 e. The van der Waals surface area contributed by atoms with E-state index >= 15 is 0 Å².